The molecule has 1 aliphatic carbocycles. The van der Waals surface area contributed by atoms with Crippen LogP contribution >= 0.6 is 11.8 Å². The summed E-state index contributed by atoms with van der Waals surface area (Å²) in [7, 11) is 0. The minimum Gasteiger partial charge on any atom is -0.392 e. The first-order chi connectivity index (χ1) is 7.31. The van der Waals surface area contributed by atoms with Crippen LogP contribution in [0, 0.1) is 0 Å². The second-order valence-corrected chi connectivity index (χ2v) is 5.44. The van der Waals surface area contributed by atoms with E-state index in [1.54, 1.807) is 0 Å². The molecule has 82 valence electrons. The van der Waals surface area contributed by atoms with E-state index in [0.717, 1.165) is 25.0 Å². The van der Waals surface area contributed by atoms with E-state index in [9.17, 15) is 5.11 Å². The van der Waals surface area contributed by atoms with Gasteiger partial charge in [-0.3, -0.25) is 0 Å². The monoisotopic (exact) mass is 222 g/mol. The van der Waals surface area contributed by atoms with Crippen molar-refractivity contribution in [3.05, 3.63) is 29.8 Å². The summed E-state index contributed by atoms with van der Waals surface area (Å²) in [5, 5.41) is 9.81. The molecule has 0 unspecified atom stereocenters. The third kappa shape index (κ3) is 2.56. The molecule has 2 atom stereocenters. The van der Waals surface area contributed by atoms with Crippen LogP contribution in [0.4, 0.5) is 0 Å². The van der Waals surface area contributed by atoms with Crippen molar-refractivity contribution in [2.45, 2.75) is 43.1 Å². The van der Waals surface area contributed by atoms with Crippen molar-refractivity contribution in [2.24, 2.45) is 0 Å². The van der Waals surface area contributed by atoms with Gasteiger partial charge >= 0.3 is 0 Å². The van der Waals surface area contributed by atoms with Gasteiger partial charge in [0, 0.05) is 10.8 Å². The smallest absolute Gasteiger partial charge is 0.0608 e. The molecule has 15 heavy (non-hydrogen) atoms. The van der Waals surface area contributed by atoms with Gasteiger partial charge in [0.05, 0.1) is 6.10 Å². The molecule has 0 aliphatic heterocycles. The molecule has 1 nitrogen and oxygen atoms in total. The van der Waals surface area contributed by atoms with Crippen molar-refractivity contribution in [3.63, 3.8) is 0 Å². The molecule has 1 fully saturated rings. The van der Waals surface area contributed by atoms with Gasteiger partial charge in [0.1, 0.15) is 0 Å². The highest BCUT2D eigenvalue weighted by molar-refractivity contribution is 7.99. The third-order valence-electron chi connectivity index (χ3n) is 3.10. The maximum Gasteiger partial charge on any atom is 0.0608 e. The second kappa shape index (κ2) is 5.04. The van der Waals surface area contributed by atoms with E-state index in [1.807, 2.05) is 11.8 Å². The zero-order chi connectivity index (χ0) is 10.7. The highest BCUT2D eigenvalue weighted by atomic mass is 32.2. The fourth-order valence-electron chi connectivity index (χ4n) is 2.31. The molecule has 0 saturated heterocycles. The highest BCUT2D eigenvalue weighted by Crippen LogP contribution is 2.35. The summed E-state index contributed by atoms with van der Waals surface area (Å²) >= 11 is 1.86. The number of rotatable bonds is 3. The molecular weight excluding hydrogens is 204 g/mol. The molecule has 1 saturated carbocycles. The average Bonchev–Trinajstić information content (AvgIpc) is 2.66. The normalized spacial score (nSPS) is 25.7. The van der Waals surface area contributed by atoms with Gasteiger partial charge in [0.25, 0.3) is 0 Å². The fraction of sp³-hybridized carbons (Fsp3) is 0.538. The Morgan fingerprint density at radius 1 is 1.27 bits per heavy atom. The SMILES string of the molecule is CCSc1ccc([C@@H]2CCC[C@H]2O)cc1. The van der Waals surface area contributed by atoms with Crippen LogP contribution in [0.2, 0.25) is 0 Å². The minimum atomic E-state index is -0.116. The minimum absolute atomic E-state index is 0.116. The average molecular weight is 222 g/mol. The molecule has 2 heteroatoms. The number of hydrogen-bond acceptors (Lipinski definition) is 2. The summed E-state index contributed by atoms with van der Waals surface area (Å²) in [5.74, 6) is 1.50. The first kappa shape index (κ1) is 11.0. The molecular formula is C13H18OS. The summed E-state index contributed by atoms with van der Waals surface area (Å²) in [6.45, 7) is 2.17. The molecule has 1 aromatic rings. The van der Waals surface area contributed by atoms with E-state index in [2.05, 4.69) is 31.2 Å². The van der Waals surface area contributed by atoms with E-state index in [-0.39, 0.29) is 6.10 Å². The largest absolute Gasteiger partial charge is 0.392 e. The zero-order valence-electron chi connectivity index (χ0n) is 9.15. The Labute approximate surface area is 95.9 Å². The Bertz CT molecular complexity index is 307. The summed E-state index contributed by atoms with van der Waals surface area (Å²) in [4.78, 5) is 1.33. The van der Waals surface area contributed by atoms with Gasteiger partial charge in [-0.2, -0.15) is 0 Å². The Hall–Kier alpha value is -0.470. The lowest BCUT2D eigenvalue weighted by Crippen LogP contribution is -2.10. The van der Waals surface area contributed by atoms with Gasteiger partial charge in [0.15, 0.2) is 0 Å². The van der Waals surface area contributed by atoms with Crippen LogP contribution in [0.5, 0.6) is 0 Å². The van der Waals surface area contributed by atoms with E-state index < -0.39 is 0 Å². The number of hydrogen-bond donors (Lipinski definition) is 1. The van der Waals surface area contributed by atoms with Crippen molar-refractivity contribution < 1.29 is 5.11 Å². The van der Waals surface area contributed by atoms with Gasteiger partial charge in [-0.1, -0.05) is 25.5 Å². The highest BCUT2D eigenvalue weighted by Gasteiger charge is 2.26. The lowest BCUT2D eigenvalue weighted by Gasteiger charge is -2.14. The van der Waals surface area contributed by atoms with Crippen molar-refractivity contribution in [3.8, 4) is 0 Å². The third-order valence-corrected chi connectivity index (χ3v) is 3.99. The Morgan fingerprint density at radius 2 is 2.00 bits per heavy atom. The second-order valence-electron chi connectivity index (χ2n) is 4.11. The van der Waals surface area contributed by atoms with Crippen molar-refractivity contribution >= 4 is 11.8 Å². The van der Waals surface area contributed by atoms with Crippen LogP contribution in [-0.4, -0.2) is 17.0 Å². The maximum atomic E-state index is 9.81. The molecule has 2 rings (SSSR count). The summed E-state index contributed by atoms with van der Waals surface area (Å²) < 4.78 is 0. The van der Waals surface area contributed by atoms with Gasteiger partial charge in [-0.15, -0.1) is 11.8 Å². The molecule has 0 radical (unpaired) electrons. The van der Waals surface area contributed by atoms with Crippen LogP contribution in [-0.2, 0) is 0 Å². The predicted molar refractivity (Wildman–Crippen MR) is 65.4 cm³/mol. The molecule has 0 bridgehead atoms. The standard InChI is InChI=1S/C13H18OS/c1-2-15-11-8-6-10(7-9-11)12-4-3-5-13(12)14/h6-9,12-14H,2-5H2,1H3/t12-,13+/m0/s1. The lowest BCUT2D eigenvalue weighted by atomic mass is 9.96. The van der Waals surface area contributed by atoms with E-state index in [4.69, 9.17) is 0 Å². The summed E-state index contributed by atoms with van der Waals surface area (Å²) in [5.41, 5.74) is 1.31. The molecule has 0 spiro atoms. The van der Waals surface area contributed by atoms with Crippen LogP contribution in [0.15, 0.2) is 29.2 Å². The van der Waals surface area contributed by atoms with Gasteiger partial charge < -0.3 is 5.11 Å². The van der Waals surface area contributed by atoms with Crippen molar-refractivity contribution in [1.29, 1.82) is 0 Å². The van der Waals surface area contributed by atoms with Gasteiger partial charge in [0.2, 0.25) is 0 Å². The van der Waals surface area contributed by atoms with Crippen molar-refractivity contribution in [1.82, 2.24) is 0 Å². The lowest BCUT2D eigenvalue weighted by molar-refractivity contribution is 0.164. The quantitative estimate of drug-likeness (QED) is 0.791. The van der Waals surface area contributed by atoms with Crippen LogP contribution in [0.25, 0.3) is 0 Å². The van der Waals surface area contributed by atoms with Crippen LogP contribution in [0.1, 0.15) is 37.7 Å². The molecule has 0 aromatic heterocycles. The van der Waals surface area contributed by atoms with E-state index in [0.29, 0.717) is 5.92 Å². The van der Waals surface area contributed by atoms with Crippen LogP contribution in [0.3, 0.4) is 0 Å². The van der Waals surface area contributed by atoms with Gasteiger partial charge in [-0.25, -0.2) is 0 Å². The summed E-state index contributed by atoms with van der Waals surface area (Å²) in [6, 6.07) is 8.71. The van der Waals surface area contributed by atoms with E-state index >= 15 is 0 Å². The molecule has 1 N–H and O–H groups in total. The zero-order valence-corrected chi connectivity index (χ0v) is 9.96. The molecule has 0 amide bonds. The Kier molecular flexibility index (Phi) is 3.71. The number of aliphatic hydroxyl groups excluding tert-OH is 1. The number of thioether (sulfide) groups is 1. The summed E-state index contributed by atoms with van der Waals surface area (Å²) in [6.07, 6.45) is 3.16. The fourth-order valence-corrected chi connectivity index (χ4v) is 2.97. The van der Waals surface area contributed by atoms with E-state index in [1.165, 1.54) is 10.5 Å². The maximum absolute atomic E-state index is 9.81. The number of aliphatic hydroxyl groups is 1. The van der Waals surface area contributed by atoms with Crippen molar-refractivity contribution in [2.75, 3.05) is 5.75 Å². The molecule has 1 aromatic carbocycles. The Balaban J connectivity index is 2.09. The van der Waals surface area contributed by atoms with Gasteiger partial charge in [-0.05, 0) is 36.3 Å². The first-order valence-electron chi connectivity index (χ1n) is 5.72. The van der Waals surface area contributed by atoms with Crippen LogP contribution < -0.4 is 0 Å². The Morgan fingerprint density at radius 3 is 2.53 bits per heavy atom. The topological polar surface area (TPSA) is 20.2 Å². The predicted octanol–water partition coefficient (Wildman–Crippen LogP) is 3.43. The molecule has 1 aliphatic rings. The first-order valence-corrected chi connectivity index (χ1v) is 6.70. The molecule has 0 heterocycles. The number of benzene rings is 1.